The lowest BCUT2D eigenvalue weighted by Crippen LogP contribution is -2.50. The Labute approximate surface area is 159 Å². The predicted octanol–water partition coefficient (Wildman–Crippen LogP) is 2.35. The molecule has 0 radical (unpaired) electrons. The highest BCUT2D eigenvalue weighted by Gasteiger charge is 2.34. The van der Waals surface area contributed by atoms with E-state index >= 15 is 0 Å². The molecule has 7 heteroatoms. The van der Waals surface area contributed by atoms with Crippen LogP contribution in [0.3, 0.4) is 0 Å². The van der Waals surface area contributed by atoms with Gasteiger partial charge >= 0.3 is 12.0 Å². The summed E-state index contributed by atoms with van der Waals surface area (Å²) in [4.78, 5) is 27.2. The van der Waals surface area contributed by atoms with E-state index in [1.807, 2.05) is 24.3 Å². The normalized spacial score (nSPS) is 23.4. The maximum absolute atomic E-state index is 12.6. The lowest BCUT2D eigenvalue weighted by molar-refractivity contribution is -0.136. The third kappa shape index (κ3) is 4.24. The molecule has 1 saturated heterocycles. The Hall–Kier alpha value is -2.54. The Kier molecular flexibility index (Phi) is 6.01. The molecule has 2 aliphatic rings. The van der Waals surface area contributed by atoms with Gasteiger partial charge in [0.2, 0.25) is 0 Å². The largest absolute Gasteiger partial charge is 0.497 e. The third-order valence-electron chi connectivity index (χ3n) is 5.31. The standard InChI is InChI=1S/C20H27N3O4/c1-13-6-4-5-11-23(13)12-16-17(19(24)27-3)18(22-20(25)21-16)14-7-9-15(26-2)10-8-14/h7-10,13,18H,4-6,11-12H2,1-3H3,(H2,21,22,25)/t13-,18-/m0/s1. The molecular formula is C20H27N3O4. The van der Waals surface area contributed by atoms with Crippen molar-refractivity contribution in [3.05, 3.63) is 41.1 Å². The minimum Gasteiger partial charge on any atom is -0.497 e. The monoisotopic (exact) mass is 373 g/mol. The molecule has 0 spiro atoms. The molecule has 2 N–H and O–H groups in total. The molecule has 1 aromatic carbocycles. The number of benzene rings is 1. The Balaban J connectivity index is 1.97. The third-order valence-corrected chi connectivity index (χ3v) is 5.31. The minimum absolute atomic E-state index is 0.317. The summed E-state index contributed by atoms with van der Waals surface area (Å²) in [5.74, 6) is 0.271. The van der Waals surface area contributed by atoms with E-state index in [2.05, 4.69) is 22.5 Å². The van der Waals surface area contributed by atoms with Crippen LogP contribution in [0, 0.1) is 0 Å². The highest BCUT2D eigenvalue weighted by atomic mass is 16.5. The number of ether oxygens (including phenoxy) is 2. The summed E-state index contributed by atoms with van der Waals surface area (Å²) in [5, 5.41) is 5.68. The van der Waals surface area contributed by atoms with Crippen LogP contribution < -0.4 is 15.4 Å². The summed E-state index contributed by atoms with van der Waals surface area (Å²) in [5.41, 5.74) is 1.86. The number of amides is 2. The Morgan fingerprint density at radius 2 is 1.96 bits per heavy atom. The lowest BCUT2D eigenvalue weighted by atomic mass is 9.94. The topological polar surface area (TPSA) is 79.9 Å². The summed E-state index contributed by atoms with van der Waals surface area (Å²) in [6.45, 7) is 3.66. The first-order valence-electron chi connectivity index (χ1n) is 9.30. The first-order valence-corrected chi connectivity index (χ1v) is 9.30. The highest BCUT2D eigenvalue weighted by Crippen LogP contribution is 2.30. The van der Waals surface area contributed by atoms with Gasteiger partial charge in [-0.1, -0.05) is 18.6 Å². The maximum Gasteiger partial charge on any atom is 0.338 e. The Morgan fingerprint density at radius 3 is 2.59 bits per heavy atom. The van der Waals surface area contributed by atoms with Crippen LogP contribution in [0.25, 0.3) is 0 Å². The summed E-state index contributed by atoms with van der Waals surface area (Å²) >= 11 is 0. The first kappa shape index (κ1) is 19.2. The van der Waals surface area contributed by atoms with E-state index in [0.717, 1.165) is 24.9 Å². The van der Waals surface area contributed by atoms with Crippen molar-refractivity contribution in [1.82, 2.24) is 15.5 Å². The van der Waals surface area contributed by atoms with Crippen molar-refractivity contribution in [2.75, 3.05) is 27.3 Å². The highest BCUT2D eigenvalue weighted by molar-refractivity contribution is 5.95. The number of rotatable bonds is 5. The van der Waals surface area contributed by atoms with Crippen molar-refractivity contribution < 1.29 is 19.1 Å². The van der Waals surface area contributed by atoms with Crippen LogP contribution in [0.5, 0.6) is 5.75 Å². The van der Waals surface area contributed by atoms with Gasteiger partial charge in [-0.2, -0.15) is 0 Å². The molecule has 146 valence electrons. The minimum atomic E-state index is -0.563. The van der Waals surface area contributed by atoms with Crippen LogP contribution in [0.1, 0.15) is 37.8 Å². The molecule has 0 aliphatic carbocycles. The van der Waals surface area contributed by atoms with E-state index in [4.69, 9.17) is 9.47 Å². The summed E-state index contributed by atoms with van der Waals surface area (Å²) in [6, 6.07) is 6.85. The van der Waals surface area contributed by atoms with Gasteiger partial charge in [0.05, 0.1) is 25.8 Å². The van der Waals surface area contributed by atoms with E-state index in [0.29, 0.717) is 29.6 Å². The summed E-state index contributed by atoms with van der Waals surface area (Å²) in [7, 11) is 2.96. The Bertz CT molecular complexity index is 729. The second-order valence-electron chi connectivity index (χ2n) is 7.00. The van der Waals surface area contributed by atoms with Crippen LogP contribution in [-0.2, 0) is 9.53 Å². The second kappa shape index (κ2) is 8.43. The van der Waals surface area contributed by atoms with Crippen LogP contribution in [0.15, 0.2) is 35.5 Å². The maximum atomic E-state index is 12.6. The number of urea groups is 1. The number of carbonyl (C=O) groups excluding carboxylic acids is 2. The molecule has 1 aromatic rings. The average Bonchev–Trinajstić information content (AvgIpc) is 2.69. The van der Waals surface area contributed by atoms with Gasteiger partial charge in [0.1, 0.15) is 5.75 Å². The molecule has 2 atom stereocenters. The molecule has 2 amide bonds. The van der Waals surface area contributed by atoms with Gasteiger partial charge < -0.3 is 20.1 Å². The molecule has 0 unspecified atom stereocenters. The summed E-state index contributed by atoms with van der Waals surface area (Å²) < 4.78 is 10.2. The van der Waals surface area contributed by atoms with Gasteiger partial charge in [0, 0.05) is 18.3 Å². The van der Waals surface area contributed by atoms with Crippen LogP contribution in [-0.4, -0.2) is 50.3 Å². The molecule has 3 rings (SSSR count). The number of hydrogen-bond donors (Lipinski definition) is 2. The van der Waals surface area contributed by atoms with Gasteiger partial charge in [0.15, 0.2) is 0 Å². The smallest absolute Gasteiger partial charge is 0.338 e. The van der Waals surface area contributed by atoms with Crippen molar-refractivity contribution in [2.45, 2.75) is 38.3 Å². The fraction of sp³-hybridized carbons (Fsp3) is 0.500. The van der Waals surface area contributed by atoms with Gasteiger partial charge in [-0.3, -0.25) is 4.90 Å². The zero-order valence-corrected chi connectivity index (χ0v) is 16.1. The van der Waals surface area contributed by atoms with E-state index < -0.39 is 12.0 Å². The molecule has 0 bridgehead atoms. The van der Waals surface area contributed by atoms with E-state index in [-0.39, 0.29) is 6.03 Å². The fourth-order valence-electron chi connectivity index (χ4n) is 3.74. The van der Waals surface area contributed by atoms with Crippen molar-refractivity contribution >= 4 is 12.0 Å². The van der Waals surface area contributed by atoms with E-state index in [9.17, 15) is 9.59 Å². The number of esters is 1. The van der Waals surface area contributed by atoms with Crippen molar-refractivity contribution in [3.8, 4) is 5.75 Å². The SMILES string of the molecule is COC(=O)C1=C(CN2CCCC[C@@H]2C)NC(=O)N[C@H]1c1ccc(OC)cc1. The molecule has 0 saturated carbocycles. The molecule has 2 aliphatic heterocycles. The van der Waals surface area contributed by atoms with Gasteiger partial charge in [-0.05, 0) is 44.0 Å². The van der Waals surface area contributed by atoms with Crippen molar-refractivity contribution in [3.63, 3.8) is 0 Å². The first-order chi connectivity index (χ1) is 13.0. The number of carbonyl (C=O) groups is 2. The molecule has 7 nitrogen and oxygen atoms in total. The number of hydrogen-bond acceptors (Lipinski definition) is 5. The number of nitrogens with zero attached hydrogens (tertiary/aromatic N) is 1. The number of likely N-dealkylation sites (tertiary alicyclic amines) is 1. The van der Waals surface area contributed by atoms with Crippen LogP contribution in [0.2, 0.25) is 0 Å². The number of nitrogens with one attached hydrogen (secondary N) is 2. The van der Waals surface area contributed by atoms with E-state index in [1.54, 1.807) is 7.11 Å². The van der Waals surface area contributed by atoms with E-state index in [1.165, 1.54) is 13.5 Å². The van der Waals surface area contributed by atoms with Crippen LogP contribution >= 0.6 is 0 Å². The molecule has 1 fully saturated rings. The molecule has 0 aromatic heterocycles. The number of methoxy groups -OCH3 is 2. The average molecular weight is 373 g/mol. The van der Waals surface area contributed by atoms with Gasteiger partial charge in [0.25, 0.3) is 0 Å². The Morgan fingerprint density at radius 1 is 1.22 bits per heavy atom. The number of piperidine rings is 1. The molecular weight excluding hydrogens is 346 g/mol. The second-order valence-corrected chi connectivity index (χ2v) is 7.00. The van der Waals surface area contributed by atoms with Gasteiger partial charge in [-0.15, -0.1) is 0 Å². The predicted molar refractivity (Wildman–Crippen MR) is 101 cm³/mol. The van der Waals surface area contributed by atoms with Crippen molar-refractivity contribution in [2.24, 2.45) is 0 Å². The zero-order chi connectivity index (χ0) is 19.4. The van der Waals surface area contributed by atoms with Crippen molar-refractivity contribution in [1.29, 1.82) is 0 Å². The van der Waals surface area contributed by atoms with Gasteiger partial charge in [-0.25, -0.2) is 9.59 Å². The summed E-state index contributed by atoms with van der Waals surface area (Å²) in [6.07, 6.45) is 3.46. The molecule has 2 heterocycles. The zero-order valence-electron chi connectivity index (χ0n) is 16.1. The fourth-order valence-corrected chi connectivity index (χ4v) is 3.74. The molecule has 27 heavy (non-hydrogen) atoms. The quantitative estimate of drug-likeness (QED) is 0.775. The lowest BCUT2D eigenvalue weighted by Gasteiger charge is -2.36. The van der Waals surface area contributed by atoms with Crippen LogP contribution in [0.4, 0.5) is 4.79 Å².